The molecule has 1 aliphatic heterocycles. The van der Waals surface area contributed by atoms with Gasteiger partial charge < -0.3 is 19.1 Å². The first-order valence-electron chi connectivity index (χ1n) is 6.97. The standard InChI is InChI=1S/C13H17NO9S2.Na/c1-7-10(12(15)16)11(13(22-2)23-7)14-24(17,18)8-5-3-4-6-9(8)25(19,20)21;/h3-7,10-11,13-14H,1-2H3,(H,15,16)(H,19,20,21);/q;+1/p-1/t7-,10-,11-,13+;/m1./s1. The topological polar surface area (TPSA) is 159 Å². The molecule has 0 saturated carbocycles. The second kappa shape index (κ2) is 8.63. The second-order valence-corrected chi connectivity index (χ2v) is 8.39. The molecule has 2 N–H and O–H groups in total. The van der Waals surface area contributed by atoms with Gasteiger partial charge in [0.1, 0.15) is 16.0 Å². The number of carboxylic acid groups (broad SMARTS) is 1. The first kappa shape index (κ1) is 23.5. The Kier molecular flexibility index (Phi) is 7.79. The summed E-state index contributed by atoms with van der Waals surface area (Å²) in [5.74, 6) is -2.58. The fraction of sp³-hybridized carbons (Fsp3) is 0.462. The third-order valence-electron chi connectivity index (χ3n) is 3.75. The van der Waals surface area contributed by atoms with Gasteiger partial charge in [-0.05, 0) is 19.1 Å². The maximum Gasteiger partial charge on any atom is 1.00 e. The van der Waals surface area contributed by atoms with E-state index in [1.165, 1.54) is 26.2 Å². The zero-order chi connectivity index (χ0) is 19.0. The molecule has 0 aliphatic carbocycles. The van der Waals surface area contributed by atoms with Gasteiger partial charge in [0.15, 0.2) is 6.29 Å². The number of hydrogen-bond acceptors (Lipinski definition) is 8. The van der Waals surface area contributed by atoms with Gasteiger partial charge in [-0.15, -0.1) is 0 Å². The van der Waals surface area contributed by atoms with E-state index in [4.69, 9.17) is 9.47 Å². The normalized spacial score (nSPS) is 26.3. The molecule has 1 saturated heterocycles. The SMILES string of the molecule is CO[C@H]1O[C@H](C)[C@@H](C(=O)O)[C@H]1NS(=O)(=O)c1ccccc1S(=O)(=O)[O-].[Na+]. The second-order valence-electron chi connectivity index (χ2n) is 5.36. The minimum atomic E-state index is -5.06. The van der Waals surface area contributed by atoms with Crippen molar-refractivity contribution in [3.05, 3.63) is 24.3 Å². The average molecular weight is 417 g/mol. The summed E-state index contributed by atoms with van der Waals surface area (Å²) in [4.78, 5) is 9.71. The molecule has 1 aliphatic rings. The molecule has 0 amide bonds. The fourth-order valence-electron chi connectivity index (χ4n) is 2.65. The van der Waals surface area contributed by atoms with Crippen LogP contribution < -0.4 is 34.3 Å². The number of hydrogen-bond donors (Lipinski definition) is 2. The van der Waals surface area contributed by atoms with Crippen LogP contribution in [0.3, 0.4) is 0 Å². The Labute approximate surface area is 173 Å². The zero-order valence-electron chi connectivity index (χ0n) is 14.1. The summed E-state index contributed by atoms with van der Waals surface area (Å²) < 4.78 is 71.3. The van der Waals surface area contributed by atoms with E-state index in [9.17, 15) is 31.3 Å². The van der Waals surface area contributed by atoms with Gasteiger partial charge in [0.2, 0.25) is 10.0 Å². The van der Waals surface area contributed by atoms with Crippen LogP contribution in [0.25, 0.3) is 0 Å². The van der Waals surface area contributed by atoms with Crippen LogP contribution in [-0.2, 0) is 34.4 Å². The first-order chi connectivity index (χ1) is 11.5. The Hall–Kier alpha value is -0.570. The third-order valence-corrected chi connectivity index (χ3v) is 6.29. The Morgan fingerprint density at radius 3 is 2.23 bits per heavy atom. The van der Waals surface area contributed by atoms with E-state index >= 15 is 0 Å². The van der Waals surface area contributed by atoms with Gasteiger partial charge in [-0.1, -0.05) is 12.1 Å². The Balaban J connectivity index is 0.00000338. The summed E-state index contributed by atoms with van der Waals surface area (Å²) in [7, 11) is -8.39. The minimum absolute atomic E-state index is 0. The molecular weight excluding hydrogens is 401 g/mol. The van der Waals surface area contributed by atoms with Gasteiger partial charge in [-0.25, -0.2) is 21.6 Å². The molecule has 26 heavy (non-hydrogen) atoms. The predicted octanol–water partition coefficient (Wildman–Crippen LogP) is -3.67. The van der Waals surface area contributed by atoms with Crippen molar-refractivity contribution in [1.29, 1.82) is 0 Å². The molecule has 0 aromatic heterocycles. The molecule has 140 valence electrons. The molecule has 1 aromatic rings. The summed E-state index contributed by atoms with van der Waals surface area (Å²) in [6, 6.07) is 2.91. The van der Waals surface area contributed by atoms with Crippen LogP contribution in [-0.4, -0.2) is 58.0 Å². The molecule has 13 heteroatoms. The van der Waals surface area contributed by atoms with Crippen molar-refractivity contribution in [2.45, 2.75) is 35.2 Å². The van der Waals surface area contributed by atoms with Crippen molar-refractivity contribution >= 4 is 26.1 Å². The van der Waals surface area contributed by atoms with Crippen LogP contribution in [0.5, 0.6) is 0 Å². The quantitative estimate of drug-likeness (QED) is 0.351. The molecule has 0 radical (unpaired) electrons. The van der Waals surface area contributed by atoms with E-state index in [1.54, 1.807) is 0 Å². The maximum atomic E-state index is 12.6. The van der Waals surface area contributed by atoms with Gasteiger partial charge in [0.25, 0.3) is 0 Å². The van der Waals surface area contributed by atoms with E-state index < -0.39 is 60.3 Å². The van der Waals surface area contributed by atoms with Crippen molar-refractivity contribution in [3.63, 3.8) is 0 Å². The summed E-state index contributed by atoms with van der Waals surface area (Å²) in [5, 5.41) is 9.30. The first-order valence-corrected chi connectivity index (χ1v) is 9.86. The average Bonchev–Trinajstić information content (AvgIpc) is 2.81. The van der Waals surface area contributed by atoms with Crippen LogP contribution in [0.1, 0.15) is 6.92 Å². The van der Waals surface area contributed by atoms with E-state index in [0.29, 0.717) is 0 Å². The molecule has 0 spiro atoms. The molecular formula is C13H16NNaO9S2. The summed E-state index contributed by atoms with van der Waals surface area (Å²) in [6.45, 7) is 1.44. The smallest absolute Gasteiger partial charge is 0.744 e. The number of carboxylic acids is 1. The number of carbonyl (C=O) groups is 1. The molecule has 2 rings (SSSR count). The Bertz CT molecular complexity index is 871. The number of methoxy groups -OCH3 is 1. The molecule has 1 aromatic carbocycles. The third kappa shape index (κ3) is 4.82. The summed E-state index contributed by atoms with van der Waals surface area (Å²) >= 11 is 0. The van der Waals surface area contributed by atoms with E-state index in [1.807, 2.05) is 0 Å². The minimum Gasteiger partial charge on any atom is -0.744 e. The van der Waals surface area contributed by atoms with Crippen molar-refractivity contribution in [3.8, 4) is 0 Å². The number of nitrogens with one attached hydrogen (secondary N) is 1. The van der Waals surface area contributed by atoms with Crippen molar-refractivity contribution in [1.82, 2.24) is 4.72 Å². The Morgan fingerprint density at radius 1 is 1.23 bits per heavy atom. The van der Waals surface area contributed by atoms with E-state index in [2.05, 4.69) is 4.72 Å². The molecule has 4 atom stereocenters. The van der Waals surface area contributed by atoms with Crippen molar-refractivity contribution in [2.75, 3.05) is 7.11 Å². The summed E-state index contributed by atoms with van der Waals surface area (Å²) in [6.07, 6.45) is -2.05. The number of rotatable bonds is 6. The maximum absolute atomic E-state index is 12.6. The van der Waals surface area contributed by atoms with E-state index in [-0.39, 0.29) is 29.6 Å². The van der Waals surface area contributed by atoms with Gasteiger partial charge in [0, 0.05) is 7.11 Å². The predicted molar refractivity (Wildman–Crippen MR) is 81.0 cm³/mol. The monoisotopic (exact) mass is 417 g/mol. The Morgan fingerprint density at radius 2 is 1.77 bits per heavy atom. The number of sulfonamides is 1. The van der Waals surface area contributed by atoms with Gasteiger partial charge in [-0.2, -0.15) is 0 Å². The number of ether oxygens (including phenoxy) is 2. The van der Waals surface area contributed by atoms with Crippen molar-refractivity contribution < 1.29 is 70.3 Å². The van der Waals surface area contributed by atoms with Crippen LogP contribution in [0, 0.1) is 5.92 Å². The van der Waals surface area contributed by atoms with Crippen LogP contribution >= 0.6 is 0 Å². The van der Waals surface area contributed by atoms with Crippen LogP contribution in [0.2, 0.25) is 0 Å². The van der Waals surface area contributed by atoms with Crippen LogP contribution in [0.4, 0.5) is 0 Å². The summed E-state index contributed by atoms with van der Waals surface area (Å²) in [5.41, 5.74) is 0. The fourth-order valence-corrected chi connectivity index (χ4v) is 5.18. The number of benzene rings is 1. The van der Waals surface area contributed by atoms with Gasteiger partial charge >= 0.3 is 35.5 Å². The largest absolute Gasteiger partial charge is 1.00 e. The molecule has 10 nitrogen and oxygen atoms in total. The van der Waals surface area contributed by atoms with Crippen molar-refractivity contribution in [2.24, 2.45) is 5.92 Å². The van der Waals surface area contributed by atoms with Crippen LogP contribution in [0.15, 0.2) is 34.1 Å². The van der Waals surface area contributed by atoms with Gasteiger partial charge in [0.05, 0.1) is 21.9 Å². The van der Waals surface area contributed by atoms with E-state index in [0.717, 1.165) is 12.1 Å². The molecule has 1 fully saturated rings. The molecule has 1 heterocycles. The van der Waals surface area contributed by atoms with Gasteiger partial charge in [-0.3, -0.25) is 4.79 Å². The zero-order valence-corrected chi connectivity index (χ0v) is 17.8. The number of aliphatic carboxylic acids is 1. The molecule has 0 bridgehead atoms. The molecule has 0 unspecified atom stereocenters.